The van der Waals surface area contributed by atoms with E-state index >= 15 is 0 Å². The number of aromatic nitrogens is 2. The van der Waals surface area contributed by atoms with E-state index in [4.69, 9.17) is 5.11 Å². The zero-order valence-corrected chi connectivity index (χ0v) is 20.1. The highest BCUT2D eigenvalue weighted by atomic mass is 32.2. The fraction of sp³-hybridized carbons (Fsp3) is 0.125. The second kappa shape index (κ2) is 11.2. The molecular weight excluding hydrogens is 486 g/mol. The number of nitrogens with zero attached hydrogens (tertiary/aromatic N) is 2. The summed E-state index contributed by atoms with van der Waals surface area (Å²) in [6.45, 7) is -0.328. The van der Waals surface area contributed by atoms with E-state index in [0.29, 0.717) is 29.4 Å². The van der Waals surface area contributed by atoms with Crippen molar-refractivity contribution < 1.29 is 18.3 Å². The van der Waals surface area contributed by atoms with Crippen molar-refractivity contribution in [3.05, 3.63) is 83.2 Å². The molecule has 4 aromatic rings. The first-order valence-electron chi connectivity index (χ1n) is 10.7. The predicted octanol–water partition coefficient (Wildman–Crippen LogP) is 3.40. The molecule has 2 heterocycles. The minimum absolute atomic E-state index is 0.0501. The molecule has 11 heteroatoms. The van der Waals surface area contributed by atoms with Gasteiger partial charge in [-0.2, -0.15) is 0 Å². The lowest BCUT2D eigenvalue weighted by Crippen LogP contribution is -2.26. The van der Waals surface area contributed by atoms with Gasteiger partial charge in [-0.25, -0.2) is 23.1 Å². The van der Waals surface area contributed by atoms with E-state index in [9.17, 15) is 13.2 Å². The summed E-state index contributed by atoms with van der Waals surface area (Å²) >= 11 is 1.55. The molecule has 180 valence electrons. The molecule has 0 bridgehead atoms. The highest BCUT2D eigenvalue weighted by Crippen LogP contribution is 2.22. The Morgan fingerprint density at radius 3 is 2.40 bits per heavy atom. The summed E-state index contributed by atoms with van der Waals surface area (Å²) in [5, 5.41) is 16.7. The van der Waals surface area contributed by atoms with Gasteiger partial charge >= 0.3 is 0 Å². The summed E-state index contributed by atoms with van der Waals surface area (Å²) in [6.07, 6.45) is 1.96. The lowest BCUT2D eigenvalue weighted by atomic mass is 10.1. The van der Waals surface area contributed by atoms with Gasteiger partial charge in [0.05, 0.1) is 23.6 Å². The van der Waals surface area contributed by atoms with E-state index < -0.39 is 10.0 Å². The average molecular weight is 510 g/mol. The quantitative estimate of drug-likeness (QED) is 0.257. The molecule has 35 heavy (non-hydrogen) atoms. The number of aliphatic hydroxyl groups excluding tert-OH is 1. The number of rotatable bonds is 10. The van der Waals surface area contributed by atoms with Crippen molar-refractivity contribution in [2.24, 2.45) is 0 Å². The molecular formula is C24H23N5O4S2. The third-order valence-corrected chi connectivity index (χ3v) is 7.21. The Labute approximate surface area is 207 Å². The van der Waals surface area contributed by atoms with E-state index in [0.717, 1.165) is 10.4 Å². The maximum Gasteiger partial charge on any atom is 0.240 e. The van der Waals surface area contributed by atoms with Gasteiger partial charge < -0.3 is 15.7 Å². The first-order chi connectivity index (χ1) is 16.9. The van der Waals surface area contributed by atoms with Crippen molar-refractivity contribution in [3.63, 3.8) is 0 Å². The Morgan fingerprint density at radius 2 is 1.71 bits per heavy atom. The molecule has 0 saturated carbocycles. The van der Waals surface area contributed by atoms with Crippen LogP contribution < -0.4 is 15.4 Å². The molecule has 0 aliphatic heterocycles. The first-order valence-corrected chi connectivity index (χ1v) is 13.0. The summed E-state index contributed by atoms with van der Waals surface area (Å²) in [5.41, 5.74) is 2.85. The number of benzene rings is 2. The molecule has 2 aromatic carbocycles. The maximum absolute atomic E-state index is 12.2. The van der Waals surface area contributed by atoms with Crippen molar-refractivity contribution >= 4 is 44.6 Å². The predicted molar refractivity (Wildman–Crippen MR) is 136 cm³/mol. The Bertz CT molecular complexity index is 1370. The van der Waals surface area contributed by atoms with Gasteiger partial charge in [-0.15, -0.1) is 11.3 Å². The molecule has 0 aliphatic carbocycles. The number of thiophene rings is 1. The minimum Gasteiger partial charge on any atom is -0.395 e. The van der Waals surface area contributed by atoms with Gasteiger partial charge in [-0.05, 0) is 53.9 Å². The van der Waals surface area contributed by atoms with Crippen LogP contribution in [0, 0.1) is 0 Å². The number of hydrogen-bond donors (Lipinski definition) is 4. The fourth-order valence-electron chi connectivity index (χ4n) is 3.19. The summed E-state index contributed by atoms with van der Waals surface area (Å²) in [4.78, 5) is 22.0. The molecule has 9 nitrogen and oxygen atoms in total. The summed E-state index contributed by atoms with van der Waals surface area (Å²) in [7, 11) is -3.67. The van der Waals surface area contributed by atoms with Crippen LogP contribution in [0.1, 0.15) is 4.88 Å². The second-order valence-corrected chi connectivity index (χ2v) is 10.2. The Balaban J connectivity index is 1.40. The zero-order valence-electron chi connectivity index (χ0n) is 18.5. The summed E-state index contributed by atoms with van der Waals surface area (Å²) in [6, 6.07) is 19.1. The van der Waals surface area contributed by atoms with Crippen molar-refractivity contribution in [1.29, 1.82) is 0 Å². The fourth-order valence-corrected chi connectivity index (χ4v) is 4.92. The minimum atomic E-state index is -3.67. The molecule has 4 rings (SSSR count). The highest BCUT2D eigenvalue weighted by Gasteiger charge is 2.13. The number of nitrogens with one attached hydrogen (secondary N) is 3. The summed E-state index contributed by atoms with van der Waals surface area (Å²) in [5.74, 6) is 0.279. The van der Waals surface area contributed by atoms with Gasteiger partial charge in [-0.3, -0.25) is 4.79 Å². The van der Waals surface area contributed by atoms with Gasteiger partial charge in [-0.1, -0.05) is 18.2 Å². The largest absolute Gasteiger partial charge is 0.395 e. The molecule has 0 spiro atoms. The molecule has 0 unspecified atom stereocenters. The van der Waals surface area contributed by atoms with E-state index in [-0.39, 0.29) is 24.0 Å². The van der Waals surface area contributed by atoms with Crippen LogP contribution in [0.5, 0.6) is 0 Å². The molecule has 0 atom stereocenters. The van der Waals surface area contributed by atoms with Gasteiger partial charge in [0, 0.05) is 34.6 Å². The van der Waals surface area contributed by atoms with E-state index in [1.54, 1.807) is 35.7 Å². The van der Waals surface area contributed by atoms with Crippen LogP contribution in [0.15, 0.2) is 83.2 Å². The molecule has 4 N–H and O–H groups in total. The van der Waals surface area contributed by atoms with Crippen molar-refractivity contribution in [2.45, 2.75) is 11.3 Å². The third kappa shape index (κ3) is 6.70. The van der Waals surface area contributed by atoms with Crippen LogP contribution >= 0.6 is 11.3 Å². The lowest BCUT2D eigenvalue weighted by Gasteiger charge is -2.09. The van der Waals surface area contributed by atoms with Crippen LogP contribution in [0.3, 0.4) is 0 Å². The number of aliphatic hydroxyl groups is 1. The smallest absolute Gasteiger partial charge is 0.240 e. The average Bonchev–Trinajstić information content (AvgIpc) is 3.37. The van der Waals surface area contributed by atoms with E-state index in [2.05, 4.69) is 25.3 Å². The van der Waals surface area contributed by atoms with Gasteiger partial charge in [0.25, 0.3) is 0 Å². The Kier molecular flexibility index (Phi) is 7.83. The van der Waals surface area contributed by atoms with Gasteiger partial charge in [0.1, 0.15) is 0 Å². The number of carbonyl (C=O) groups excluding carboxylic acids is 1. The van der Waals surface area contributed by atoms with Crippen molar-refractivity contribution in [1.82, 2.24) is 14.7 Å². The molecule has 2 aromatic heterocycles. The van der Waals surface area contributed by atoms with Crippen LogP contribution in [0.2, 0.25) is 0 Å². The second-order valence-electron chi connectivity index (χ2n) is 7.42. The third-order valence-electron chi connectivity index (χ3n) is 4.86. The Hall–Kier alpha value is -3.64. The standard InChI is InChI=1S/C24H23N5O4S2/c30-14-13-26-35(32,33)21-9-7-19(8-10-21)28-24-25-12-11-22(29-24)17-3-5-18(6-4-17)27-23(31)16-20-2-1-15-34-20/h1-12,15,26,30H,13-14,16H2,(H,27,31)(H,25,28,29). The molecule has 0 radical (unpaired) electrons. The van der Waals surface area contributed by atoms with E-state index in [1.165, 1.54) is 12.1 Å². The van der Waals surface area contributed by atoms with Crippen LogP contribution in [0.4, 0.5) is 17.3 Å². The highest BCUT2D eigenvalue weighted by molar-refractivity contribution is 7.89. The SMILES string of the molecule is O=C(Cc1cccs1)Nc1ccc(-c2ccnc(Nc3ccc(S(=O)(=O)NCCO)cc3)n2)cc1. The van der Waals surface area contributed by atoms with Crippen LogP contribution in [0.25, 0.3) is 11.3 Å². The number of hydrogen-bond acceptors (Lipinski definition) is 8. The van der Waals surface area contributed by atoms with Crippen molar-refractivity contribution in [2.75, 3.05) is 23.8 Å². The van der Waals surface area contributed by atoms with E-state index in [1.807, 2.05) is 41.8 Å². The molecule has 0 fully saturated rings. The number of sulfonamides is 1. The summed E-state index contributed by atoms with van der Waals surface area (Å²) < 4.78 is 26.6. The number of carbonyl (C=O) groups is 1. The zero-order chi connectivity index (χ0) is 24.7. The van der Waals surface area contributed by atoms with Crippen molar-refractivity contribution in [3.8, 4) is 11.3 Å². The van der Waals surface area contributed by atoms with Crippen LogP contribution in [-0.4, -0.2) is 42.6 Å². The molecule has 0 aliphatic rings. The topological polar surface area (TPSA) is 133 Å². The Morgan fingerprint density at radius 1 is 0.971 bits per heavy atom. The molecule has 1 amide bonds. The maximum atomic E-state index is 12.2. The van der Waals surface area contributed by atoms with Gasteiger partial charge in [0.2, 0.25) is 21.9 Å². The van der Waals surface area contributed by atoms with Gasteiger partial charge in [0.15, 0.2) is 0 Å². The lowest BCUT2D eigenvalue weighted by molar-refractivity contribution is -0.115. The normalized spacial score (nSPS) is 11.2. The number of anilines is 3. The molecule has 0 saturated heterocycles. The van der Waals surface area contributed by atoms with Crippen LogP contribution in [-0.2, 0) is 21.2 Å². The number of amides is 1. The monoisotopic (exact) mass is 509 g/mol. The first kappa shape index (κ1) is 24.5.